The lowest BCUT2D eigenvalue weighted by atomic mass is 10.1. The van der Waals surface area contributed by atoms with Gasteiger partial charge in [-0.15, -0.1) is 0 Å². The van der Waals surface area contributed by atoms with Gasteiger partial charge in [0.2, 0.25) is 0 Å². The summed E-state index contributed by atoms with van der Waals surface area (Å²) in [5.41, 5.74) is 2.18. The molecule has 0 unspecified atom stereocenters. The molecule has 0 bridgehead atoms. The number of benzene rings is 1. The minimum atomic E-state index is 0.682. The third-order valence-electron chi connectivity index (χ3n) is 3.23. The van der Waals surface area contributed by atoms with Crippen LogP contribution >= 0.6 is 15.9 Å². The Kier molecular flexibility index (Phi) is 4.10. The van der Waals surface area contributed by atoms with E-state index in [1.54, 1.807) is 0 Å². The molecular formula is C16H15BrN4. The van der Waals surface area contributed by atoms with Crippen LogP contribution in [-0.2, 0) is 13.0 Å². The Morgan fingerprint density at radius 1 is 1.14 bits per heavy atom. The molecule has 5 heteroatoms. The average Bonchev–Trinajstić information content (AvgIpc) is 2.52. The number of hydrogen-bond acceptors (Lipinski definition) is 4. The maximum absolute atomic E-state index is 4.47. The topological polar surface area (TPSA) is 50.7 Å². The van der Waals surface area contributed by atoms with Crippen LogP contribution in [0.3, 0.4) is 0 Å². The van der Waals surface area contributed by atoms with E-state index >= 15 is 0 Å². The number of fused-ring (bicyclic) bond motifs is 1. The predicted molar refractivity (Wildman–Crippen MR) is 88.2 cm³/mol. The zero-order chi connectivity index (χ0) is 14.7. The van der Waals surface area contributed by atoms with Gasteiger partial charge in [-0.1, -0.05) is 31.2 Å². The maximum Gasteiger partial charge on any atom is 0.131 e. The Morgan fingerprint density at radius 3 is 2.86 bits per heavy atom. The van der Waals surface area contributed by atoms with Crippen LogP contribution in [0.15, 0.2) is 47.2 Å². The maximum atomic E-state index is 4.47. The van der Waals surface area contributed by atoms with Crippen LogP contribution in [0.4, 0.5) is 5.82 Å². The highest BCUT2D eigenvalue weighted by Crippen LogP contribution is 2.18. The molecular weight excluding hydrogens is 328 g/mol. The number of anilines is 1. The molecule has 0 saturated carbocycles. The van der Waals surface area contributed by atoms with E-state index in [-0.39, 0.29) is 0 Å². The lowest BCUT2D eigenvalue weighted by Crippen LogP contribution is -2.05. The summed E-state index contributed by atoms with van der Waals surface area (Å²) in [4.78, 5) is 13.2. The van der Waals surface area contributed by atoms with E-state index in [9.17, 15) is 0 Å². The number of nitrogens with zero attached hydrogens (tertiary/aromatic N) is 3. The summed E-state index contributed by atoms with van der Waals surface area (Å²) < 4.78 is 0.799. The van der Waals surface area contributed by atoms with Crippen LogP contribution in [0.25, 0.3) is 10.9 Å². The smallest absolute Gasteiger partial charge is 0.131 e. The molecule has 3 aromatic rings. The lowest BCUT2D eigenvalue weighted by Gasteiger charge is -2.09. The highest BCUT2D eigenvalue weighted by molar-refractivity contribution is 9.10. The summed E-state index contributed by atoms with van der Waals surface area (Å²) in [6, 6.07) is 12.1. The van der Waals surface area contributed by atoms with Crippen molar-refractivity contribution in [2.24, 2.45) is 0 Å². The molecule has 4 nitrogen and oxygen atoms in total. The van der Waals surface area contributed by atoms with Crippen molar-refractivity contribution in [2.75, 3.05) is 5.32 Å². The van der Waals surface area contributed by atoms with Crippen molar-refractivity contribution < 1.29 is 0 Å². The van der Waals surface area contributed by atoms with Crippen LogP contribution in [0, 0.1) is 0 Å². The predicted octanol–water partition coefficient (Wildman–Crippen LogP) is 3.96. The summed E-state index contributed by atoms with van der Waals surface area (Å²) in [6.45, 7) is 2.72. The number of halogens is 1. The lowest BCUT2D eigenvalue weighted by molar-refractivity contribution is 0.922. The molecule has 0 saturated heterocycles. The third kappa shape index (κ3) is 3.19. The van der Waals surface area contributed by atoms with E-state index in [2.05, 4.69) is 54.4 Å². The Balaban J connectivity index is 1.85. The highest BCUT2D eigenvalue weighted by atomic mass is 79.9. The van der Waals surface area contributed by atoms with E-state index in [0.29, 0.717) is 6.54 Å². The average molecular weight is 343 g/mol. The summed E-state index contributed by atoms with van der Waals surface area (Å²) in [5, 5.41) is 4.50. The normalized spacial score (nSPS) is 10.8. The van der Waals surface area contributed by atoms with Crippen molar-refractivity contribution in [1.29, 1.82) is 0 Å². The molecule has 2 heterocycles. The zero-order valence-electron chi connectivity index (χ0n) is 11.7. The third-order valence-corrected chi connectivity index (χ3v) is 3.64. The molecule has 21 heavy (non-hydrogen) atoms. The van der Waals surface area contributed by atoms with Gasteiger partial charge in [0.05, 0.1) is 5.52 Å². The van der Waals surface area contributed by atoms with Crippen LogP contribution in [-0.4, -0.2) is 15.0 Å². The first-order chi connectivity index (χ1) is 10.3. The number of aromatic nitrogens is 3. The van der Waals surface area contributed by atoms with Crippen LogP contribution in [0.2, 0.25) is 0 Å². The van der Waals surface area contributed by atoms with E-state index in [1.165, 1.54) is 0 Å². The van der Waals surface area contributed by atoms with Crippen LogP contribution < -0.4 is 5.32 Å². The van der Waals surface area contributed by atoms with Gasteiger partial charge < -0.3 is 5.32 Å². The molecule has 3 rings (SSSR count). The van der Waals surface area contributed by atoms with E-state index in [4.69, 9.17) is 0 Å². The molecule has 0 aliphatic carbocycles. The van der Waals surface area contributed by atoms with Gasteiger partial charge in [0.15, 0.2) is 0 Å². The Labute approximate surface area is 131 Å². The second-order valence-electron chi connectivity index (χ2n) is 4.69. The first kappa shape index (κ1) is 13.9. The molecule has 0 fully saturated rings. The second kappa shape index (κ2) is 6.18. The minimum absolute atomic E-state index is 0.682. The first-order valence-electron chi connectivity index (χ1n) is 6.86. The molecule has 0 radical (unpaired) electrons. The number of para-hydroxylation sites is 1. The molecule has 0 aliphatic heterocycles. The molecule has 0 spiro atoms. The van der Waals surface area contributed by atoms with Crippen molar-refractivity contribution in [3.05, 3.63) is 58.6 Å². The fourth-order valence-corrected chi connectivity index (χ4v) is 2.63. The summed E-state index contributed by atoms with van der Waals surface area (Å²) >= 11 is 3.42. The van der Waals surface area contributed by atoms with Crippen LogP contribution in [0.5, 0.6) is 0 Å². The molecule has 0 aliphatic rings. The Morgan fingerprint density at radius 2 is 2.00 bits per heavy atom. The first-order valence-corrected chi connectivity index (χ1v) is 7.65. The van der Waals surface area contributed by atoms with Crippen molar-refractivity contribution in [1.82, 2.24) is 15.0 Å². The van der Waals surface area contributed by atoms with Gasteiger partial charge >= 0.3 is 0 Å². The van der Waals surface area contributed by atoms with Gasteiger partial charge in [0.1, 0.15) is 16.2 Å². The number of nitrogens with one attached hydrogen (secondary N) is 1. The number of pyridine rings is 1. The van der Waals surface area contributed by atoms with Gasteiger partial charge in [-0.25, -0.2) is 9.97 Å². The Bertz CT molecular complexity index is 768. The van der Waals surface area contributed by atoms with Crippen molar-refractivity contribution in [3.8, 4) is 0 Å². The Hall–Kier alpha value is -2.01. The summed E-state index contributed by atoms with van der Waals surface area (Å²) in [5.74, 6) is 1.64. The molecule has 0 atom stereocenters. The molecule has 106 valence electrons. The SMILES string of the molecule is CCc1nc(Br)cc(NCc2cccc3cccnc23)n1. The number of rotatable bonds is 4. The highest BCUT2D eigenvalue weighted by Gasteiger charge is 2.04. The van der Waals surface area contributed by atoms with Crippen molar-refractivity contribution in [2.45, 2.75) is 19.9 Å². The molecule has 2 aromatic heterocycles. The van der Waals surface area contributed by atoms with Gasteiger partial charge in [-0.3, -0.25) is 4.98 Å². The van der Waals surface area contributed by atoms with E-state index in [1.807, 2.05) is 31.3 Å². The quantitative estimate of drug-likeness (QED) is 0.729. The van der Waals surface area contributed by atoms with Crippen molar-refractivity contribution >= 4 is 32.7 Å². The largest absolute Gasteiger partial charge is 0.366 e. The molecule has 1 N–H and O–H groups in total. The van der Waals surface area contributed by atoms with Gasteiger partial charge in [-0.2, -0.15) is 0 Å². The number of hydrogen-bond donors (Lipinski definition) is 1. The fraction of sp³-hybridized carbons (Fsp3) is 0.188. The van der Waals surface area contributed by atoms with Crippen LogP contribution in [0.1, 0.15) is 18.3 Å². The summed E-state index contributed by atoms with van der Waals surface area (Å²) in [6.07, 6.45) is 2.63. The van der Waals surface area contributed by atoms with E-state index < -0.39 is 0 Å². The second-order valence-corrected chi connectivity index (χ2v) is 5.50. The van der Waals surface area contributed by atoms with Gasteiger partial charge in [-0.05, 0) is 27.6 Å². The number of aryl methyl sites for hydroxylation is 1. The molecule has 1 aromatic carbocycles. The minimum Gasteiger partial charge on any atom is -0.366 e. The fourth-order valence-electron chi connectivity index (χ4n) is 2.21. The van der Waals surface area contributed by atoms with E-state index in [0.717, 1.165) is 39.1 Å². The standard InChI is InChI=1S/C16H15BrN4/c1-2-14-20-13(17)9-15(21-14)19-10-12-6-3-5-11-7-4-8-18-16(11)12/h3-9H,2,10H2,1H3,(H,19,20,21). The summed E-state index contributed by atoms with van der Waals surface area (Å²) in [7, 11) is 0. The monoisotopic (exact) mass is 342 g/mol. The van der Waals surface area contributed by atoms with Crippen molar-refractivity contribution in [3.63, 3.8) is 0 Å². The molecule has 0 amide bonds. The van der Waals surface area contributed by atoms with Gasteiger partial charge in [0.25, 0.3) is 0 Å². The zero-order valence-corrected chi connectivity index (χ0v) is 13.3. The van der Waals surface area contributed by atoms with Gasteiger partial charge in [0, 0.05) is 30.6 Å².